The van der Waals surface area contributed by atoms with Crippen LogP contribution in [0.2, 0.25) is 0 Å². The number of amides is 1. The number of likely N-dealkylation sites (tertiary alicyclic amines) is 2. The first-order chi connectivity index (χ1) is 11.3. The molecule has 6 nitrogen and oxygen atoms in total. The molecule has 0 aliphatic carbocycles. The Kier molecular flexibility index (Phi) is 5.89. The summed E-state index contributed by atoms with van der Waals surface area (Å²) < 4.78 is 6.03. The molecule has 0 aromatic heterocycles. The van der Waals surface area contributed by atoms with Crippen molar-refractivity contribution in [1.29, 1.82) is 0 Å². The molecule has 4 atom stereocenters. The number of ether oxygens (including phenoxy) is 1. The zero-order valence-electron chi connectivity index (χ0n) is 14.4. The van der Waals surface area contributed by atoms with E-state index in [0.29, 0.717) is 30.6 Å². The van der Waals surface area contributed by atoms with Crippen LogP contribution in [0.3, 0.4) is 0 Å². The smallest absolute Gasteiger partial charge is 0.241 e. The van der Waals surface area contributed by atoms with Gasteiger partial charge in [-0.3, -0.25) is 9.79 Å². The zero-order valence-corrected chi connectivity index (χ0v) is 16.8. The summed E-state index contributed by atoms with van der Waals surface area (Å²) in [5.74, 6) is 2.40. The van der Waals surface area contributed by atoms with Crippen molar-refractivity contribution >= 4 is 35.8 Å². The van der Waals surface area contributed by atoms with Gasteiger partial charge in [-0.2, -0.15) is 0 Å². The molecule has 7 heteroatoms. The van der Waals surface area contributed by atoms with Crippen LogP contribution in [0.15, 0.2) is 4.99 Å². The number of hydrogen-bond donors (Lipinski definition) is 1. The van der Waals surface area contributed by atoms with Gasteiger partial charge in [-0.15, -0.1) is 24.0 Å². The second-order valence-electron chi connectivity index (χ2n) is 7.37. The van der Waals surface area contributed by atoms with E-state index in [0.717, 1.165) is 45.0 Å². The van der Waals surface area contributed by atoms with Gasteiger partial charge in [0.2, 0.25) is 5.91 Å². The van der Waals surface area contributed by atoms with Crippen LogP contribution < -0.4 is 5.32 Å². The first-order valence-corrected chi connectivity index (χ1v) is 9.15. The Bertz CT molecular complexity index is 477. The lowest BCUT2D eigenvalue weighted by atomic mass is 9.82. The minimum absolute atomic E-state index is 0. The maximum absolute atomic E-state index is 12.3. The summed E-state index contributed by atoms with van der Waals surface area (Å²) in [4.78, 5) is 21.0. The fourth-order valence-corrected chi connectivity index (χ4v) is 4.87. The summed E-state index contributed by atoms with van der Waals surface area (Å²) in [6.07, 6.45) is 6.89. The van der Waals surface area contributed by atoms with Crippen LogP contribution in [-0.2, 0) is 9.53 Å². The van der Waals surface area contributed by atoms with Crippen molar-refractivity contribution in [2.75, 3.05) is 39.8 Å². The van der Waals surface area contributed by atoms with E-state index in [1.807, 2.05) is 11.9 Å². The lowest BCUT2D eigenvalue weighted by molar-refractivity contribution is -0.130. The summed E-state index contributed by atoms with van der Waals surface area (Å²) in [5.41, 5.74) is 0. The van der Waals surface area contributed by atoms with Gasteiger partial charge in [0.15, 0.2) is 5.96 Å². The van der Waals surface area contributed by atoms with Crippen LogP contribution >= 0.6 is 24.0 Å². The number of guanidine groups is 1. The predicted octanol–water partition coefficient (Wildman–Crippen LogP) is 1.30. The van der Waals surface area contributed by atoms with E-state index in [2.05, 4.69) is 15.2 Å². The molecule has 4 rings (SSSR count). The Balaban J connectivity index is 0.00000169. The largest absolute Gasteiger partial charge is 0.374 e. The summed E-state index contributed by atoms with van der Waals surface area (Å²) in [6, 6.07) is 0. The molecule has 4 aliphatic heterocycles. The molecule has 1 amide bonds. The maximum Gasteiger partial charge on any atom is 0.241 e. The Hall–Kier alpha value is -0.570. The molecule has 24 heavy (non-hydrogen) atoms. The van der Waals surface area contributed by atoms with Crippen LogP contribution in [0.5, 0.6) is 0 Å². The predicted molar refractivity (Wildman–Crippen MR) is 104 cm³/mol. The monoisotopic (exact) mass is 448 g/mol. The number of carbonyl (C=O) groups excluding carboxylic acids is 1. The average Bonchev–Trinajstić information content (AvgIpc) is 3.29. The lowest BCUT2D eigenvalue weighted by Gasteiger charge is -2.28. The second-order valence-corrected chi connectivity index (χ2v) is 7.37. The Morgan fingerprint density at radius 1 is 1.08 bits per heavy atom. The second kappa shape index (κ2) is 7.76. The normalized spacial score (nSPS) is 35.0. The van der Waals surface area contributed by atoms with Crippen molar-refractivity contribution < 1.29 is 9.53 Å². The highest BCUT2D eigenvalue weighted by Gasteiger charge is 2.53. The summed E-state index contributed by atoms with van der Waals surface area (Å²) in [6.45, 7) is 4.22. The quantitative estimate of drug-likeness (QED) is 0.393. The first kappa shape index (κ1) is 18.2. The van der Waals surface area contributed by atoms with E-state index in [9.17, 15) is 4.79 Å². The molecule has 4 heterocycles. The average molecular weight is 448 g/mol. The van der Waals surface area contributed by atoms with Gasteiger partial charge in [0.1, 0.15) is 0 Å². The van der Waals surface area contributed by atoms with Crippen molar-refractivity contribution in [3.05, 3.63) is 0 Å². The van der Waals surface area contributed by atoms with E-state index in [-0.39, 0.29) is 29.9 Å². The van der Waals surface area contributed by atoms with Crippen LogP contribution in [0.1, 0.15) is 32.1 Å². The minimum Gasteiger partial charge on any atom is -0.374 e. The standard InChI is InChI=1S/C17H28N4O2.HI/c1-18-17(19-9-16(22)20-7-3-2-4-8-20)21-10-12-13(11-21)15-6-5-14(12)23-15;/h12-15H,2-11H2,1H3,(H,18,19);1H. The minimum atomic E-state index is 0. The highest BCUT2D eigenvalue weighted by Crippen LogP contribution is 2.47. The number of nitrogens with zero attached hydrogens (tertiary/aromatic N) is 3. The number of rotatable bonds is 2. The molecule has 0 aromatic rings. The summed E-state index contributed by atoms with van der Waals surface area (Å²) in [5, 5.41) is 3.29. The van der Waals surface area contributed by atoms with E-state index in [1.54, 1.807) is 0 Å². The van der Waals surface area contributed by atoms with Crippen molar-refractivity contribution in [1.82, 2.24) is 15.1 Å². The van der Waals surface area contributed by atoms with Gasteiger partial charge in [-0.25, -0.2) is 0 Å². The number of nitrogens with one attached hydrogen (secondary N) is 1. The third kappa shape index (κ3) is 3.38. The third-order valence-electron chi connectivity index (χ3n) is 6.07. The van der Waals surface area contributed by atoms with Gasteiger partial charge in [0.05, 0.1) is 18.8 Å². The van der Waals surface area contributed by atoms with Crippen molar-refractivity contribution in [2.45, 2.75) is 44.3 Å². The fraction of sp³-hybridized carbons (Fsp3) is 0.882. The number of aliphatic imine (C=N–C) groups is 1. The number of halogens is 1. The van der Waals surface area contributed by atoms with Crippen molar-refractivity contribution in [2.24, 2.45) is 16.8 Å². The fourth-order valence-electron chi connectivity index (χ4n) is 4.87. The summed E-state index contributed by atoms with van der Waals surface area (Å²) >= 11 is 0. The molecule has 4 unspecified atom stereocenters. The molecule has 4 aliphatic rings. The van der Waals surface area contributed by atoms with Gasteiger partial charge in [0, 0.05) is 45.1 Å². The van der Waals surface area contributed by atoms with Crippen LogP contribution in [0.4, 0.5) is 0 Å². The maximum atomic E-state index is 12.3. The third-order valence-corrected chi connectivity index (χ3v) is 6.07. The molecule has 0 spiro atoms. The Morgan fingerprint density at radius 3 is 2.29 bits per heavy atom. The van der Waals surface area contributed by atoms with E-state index < -0.39 is 0 Å². The van der Waals surface area contributed by atoms with E-state index in [4.69, 9.17) is 4.74 Å². The SMILES string of the molecule is CN=C(NCC(=O)N1CCCCC1)N1CC2C3CCC(O3)C2C1.I. The molecule has 4 fully saturated rings. The van der Waals surface area contributed by atoms with Crippen LogP contribution in [0.25, 0.3) is 0 Å². The molecule has 136 valence electrons. The van der Waals surface area contributed by atoms with Crippen LogP contribution in [-0.4, -0.2) is 73.6 Å². The zero-order chi connectivity index (χ0) is 15.8. The highest BCUT2D eigenvalue weighted by molar-refractivity contribution is 14.0. The van der Waals surface area contributed by atoms with Crippen LogP contribution in [0, 0.1) is 11.8 Å². The molecular weight excluding hydrogens is 419 g/mol. The number of fused-ring (bicyclic) bond motifs is 5. The number of hydrogen-bond acceptors (Lipinski definition) is 3. The lowest BCUT2D eigenvalue weighted by Crippen LogP contribution is -2.47. The molecular formula is C17H29IN4O2. The highest BCUT2D eigenvalue weighted by atomic mass is 127. The Morgan fingerprint density at radius 2 is 1.71 bits per heavy atom. The molecule has 0 aromatic carbocycles. The topological polar surface area (TPSA) is 57.2 Å². The molecule has 2 bridgehead atoms. The van der Waals surface area contributed by atoms with Gasteiger partial charge in [-0.05, 0) is 32.1 Å². The van der Waals surface area contributed by atoms with Gasteiger partial charge >= 0.3 is 0 Å². The van der Waals surface area contributed by atoms with E-state index in [1.165, 1.54) is 19.3 Å². The van der Waals surface area contributed by atoms with Gasteiger partial charge < -0.3 is 19.9 Å². The molecule has 4 saturated heterocycles. The van der Waals surface area contributed by atoms with E-state index >= 15 is 0 Å². The number of piperidine rings is 1. The van der Waals surface area contributed by atoms with Gasteiger partial charge in [-0.1, -0.05) is 0 Å². The van der Waals surface area contributed by atoms with Crippen molar-refractivity contribution in [3.8, 4) is 0 Å². The molecule has 0 radical (unpaired) electrons. The molecule has 0 saturated carbocycles. The molecule has 1 N–H and O–H groups in total. The van der Waals surface area contributed by atoms with Gasteiger partial charge in [0.25, 0.3) is 0 Å². The number of carbonyl (C=O) groups is 1. The summed E-state index contributed by atoms with van der Waals surface area (Å²) in [7, 11) is 1.81. The van der Waals surface area contributed by atoms with Crippen molar-refractivity contribution in [3.63, 3.8) is 0 Å². The first-order valence-electron chi connectivity index (χ1n) is 9.15. The Labute approximate surface area is 161 Å².